The predicted octanol–water partition coefficient (Wildman–Crippen LogP) is 2.79. The molecule has 8 nitrogen and oxygen atoms in total. The number of aromatic nitrogens is 2. The van der Waals surface area contributed by atoms with Crippen molar-refractivity contribution in [3.8, 4) is 0 Å². The monoisotopic (exact) mass is 355 g/mol. The smallest absolute Gasteiger partial charge is 0.338 e. The summed E-state index contributed by atoms with van der Waals surface area (Å²) in [6.07, 6.45) is 0.472. The van der Waals surface area contributed by atoms with Crippen LogP contribution in [0.5, 0.6) is 0 Å². The molecule has 0 atom stereocenters. The van der Waals surface area contributed by atoms with Crippen molar-refractivity contribution >= 4 is 22.7 Å². The summed E-state index contributed by atoms with van der Waals surface area (Å²) in [5, 5.41) is 10.8. The molecule has 1 heterocycles. The van der Waals surface area contributed by atoms with E-state index in [2.05, 4.69) is 4.98 Å². The number of aromatic amines is 1. The van der Waals surface area contributed by atoms with Crippen molar-refractivity contribution in [2.24, 2.45) is 0 Å². The van der Waals surface area contributed by atoms with Crippen molar-refractivity contribution in [3.63, 3.8) is 0 Å². The van der Waals surface area contributed by atoms with Crippen molar-refractivity contribution in [2.75, 3.05) is 6.61 Å². The number of aryl methyl sites for hydroxylation is 2. The fourth-order valence-corrected chi connectivity index (χ4v) is 2.79. The number of hydrogen-bond donors (Lipinski definition) is 1. The molecule has 0 spiro atoms. The number of ether oxygens (including phenoxy) is 1. The van der Waals surface area contributed by atoms with Crippen LogP contribution in [0.3, 0.4) is 0 Å². The molecule has 0 amide bonds. The van der Waals surface area contributed by atoms with Gasteiger partial charge in [-0.25, -0.2) is 9.59 Å². The Kier molecular flexibility index (Phi) is 4.83. The van der Waals surface area contributed by atoms with Crippen molar-refractivity contribution < 1.29 is 14.5 Å². The van der Waals surface area contributed by atoms with E-state index < -0.39 is 10.9 Å². The van der Waals surface area contributed by atoms with Crippen LogP contribution < -0.4 is 5.69 Å². The van der Waals surface area contributed by atoms with E-state index in [1.165, 1.54) is 18.2 Å². The third-order valence-corrected chi connectivity index (χ3v) is 4.07. The van der Waals surface area contributed by atoms with Gasteiger partial charge < -0.3 is 9.72 Å². The van der Waals surface area contributed by atoms with Gasteiger partial charge in [-0.1, -0.05) is 12.1 Å². The maximum Gasteiger partial charge on any atom is 0.338 e. The number of benzene rings is 2. The SMILES string of the molecule is Cc1cc(C(=O)OCCCn2c(=O)[nH]c3ccccc32)ccc1[N+](=O)[O-]. The number of H-pyrrole nitrogens is 1. The van der Waals surface area contributed by atoms with Gasteiger partial charge in [0.25, 0.3) is 5.69 Å². The number of nitro groups is 1. The molecule has 2 aromatic carbocycles. The number of nitro benzene ring substituents is 1. The summed E-state index contributed by atoms with van der Waals surface area (Å²) in [6.45, 7) is 2.12. The number of para-hydroxylation sites is 2. The van der Waals surface area contributed by atoms with E-state index in [1.807, 2.05) is 24.3 Å². The molecule has 0 bridgehead atoms. The Morgan fingerprint density at radius 3 is 2.77 bits per heavy atom. The minimum absolute atomic E-state index is 0.0414. The largest absolute Gasteiger partial charge is 0.462 e. The minimum atomic E-state index is -0.547. The standard InChI is InChI=1S/C18H17N3O5/c1-12-11-13(7-8-15(12)21(24)25)17(22)26-10-4-9-20-16-6-3-2-5-14(16)19-18(20)23/h2-3,5-8,11H,4,9-10H2,1H3,(H,19,23). The number of carbonyl (C=O) groups excluding carboxylic acids is 1. The lowest BCUT2D eigenvalue weighted by atomic mass is 10.1. The van der Waals surface area contributed by atoms with Crippen molar-refractivity contribution in [3.05, 3.63) is 74.2 Å². The fraction of sp³-hybridized carbons (Fsp3) is 0.222. The quantitative estimate of drug-likeness (QED) is 0.317. The number of rotatable bonds is 6. The lowest BCUT2D eigenvalue weighted by Crippen LogP contribution is -2.18. The lowest BCUT2D eigenvalue weighted by Gasteiger charge is -2.07. The van der Waals surface area contributed by atoms with Crippen LogP contribution in [-0.2, 0) is 11.3 Å². The first-order valence-corrected chi connectivity index (χ1v) is 8.07. The zero-order valence-corrected chi connectivity index (χ0v) is 14.1. The highest BCUT2D eigenvalue weighted by atomic mass is 16.6. The molecule has 0 radical (unpaired) electrons. The first kappa shape index (κ1) is 17.4. The molecule has 0 fully saturated rings. The number of esters is 1. The van der Waals surface area contributed by atoms with Gasteiger partial charge >= 0.3 is 11.7 Å². The molecule has 0 aliphatic rings. The van der Waals surface area contributed by atoms with Gasteiger partial charge in [0, 0.05) is 18.2 Å². The van der Waals surface area contributed by atoms with Crippen LogP contribution in [0.25, 0.3) is 11.0 Å². The molecule has 26 heavy (non-hydrogen) atoms. The summed E-state index contributed by atoms with van der Waals surface area (Å²) in [5.41, 5.74) is 1.97. The first-order valence-electron chi connectivity index (χ1n) is 8.07. The molecule has 1 N–H and O–H groups in total. The molecule has 0 unspecified atom stereocenters. The number of fused-ring (bicyclic) bond motifs is 1. The lowest BCUT2D eigenvalue weighted by molar-refractivity contribution is -0.385. The highest BCUT2D eigenvalue weighted by Gasteiger charge is 2.14. The van der Waals surface area contributed by atoms with Crippen LogP contribution in [0.15, 0.2) is 47.3 Å². The van der Waals surface area contributed by atoms with Gasteiger partial charge in [-0.15, -0.1) is 0 Å². The molecule has 0 saturated carbocycles. The minimum Gasteiger partial charge on any atom is -0.462 e. The van der Waals surface area contributed by atoms with E-state index in [1.54, 1.807) is 11.5 Å². The summed E-state index contributed by atoms with van der Waals surface area (Å²) in [5.74, 6) is -0.547. The molecule has 3 aromatic rings. The molecule has 1 aromatic heterocycles. The van der Waals surface area contributed by atoms with Crippen LogP contribution in [0.2, 0.25) is 0 Å². The molecule has 0 saturated heterocycles. The second-order valence-corrected chi connectivity index (χ2v) is 5.85. The summed E-state index contributed by atoms with van der Waals surface area (Å²) in [4.78, 5) is 37.1. The van der Waals surface area contributed by atoms with Gasteiger partial charge in [0.2, 0.25) is 0 Å². The second kappa shape index (κ2) is 7.22. The Morgan fingerprint density at radius 1 is 1.27 bits per heavy atom. The highest BCUT2D eigenvalue weighted by molar-refractivity contribution is 5.90. The van der Waals surface area contributed by atoms with Gasteiger partial charge in [-0.2, -0.15) is 0 Å². The van der Waals surface area contributed by atoms with Gasteiger partial charge in [0.15, 0.2) is 0 Å². The molecule has 8 heteroatoms. The number of nitrogens with zero attached hydrogens (tertiary/aromatic N) is 2. The molecule has 134 valence electrons. The van der Waals surface area contributed by atoms with Crippen LogP contribution in [-0.4, -0.2) is 27.1 Å². The van der Waals surface area contributed by atoms with E-state index in [0.29, 0.717) is 18.5 Å². The van der Waals surface area contributed by atoms with E-state index in [0.717, 1.165) is 11.0 Å². The van der Waals surface area contributed by atoms with Crippen LogP contribution in [0.4, 0.5) is 5.69 Å². The van der Waals surface area contributed by atoms with Gasteiger partial charge in [-0.3, -0.25) is 14.7 Å². The molecular formula is C18H17N3O5. The third kappa shape index (κ3) is 3.49. The van der Waals surface area contributed by atoms with Crippen LogP contribution >= 0.6 is 0 Å². The summed E-state index contributed by atoms with van der Waals surface area (Å²) >= 11 is 0. The number of hydrogen-bond acceptors (Lipinski definition) is 5. The van der Waals surface area contributed by atoms with E-state index in [9.17, 15) is 19.7 Å². The van der Waals surface area contributed by atoms with E-state index in [4.69, 9.17) is 4.74 Å². The topological polar surface area (TPSA) is 107 Å². The fourth-order valence-electron chi connectivity index (χ4n) is 2.79. The Labute approximate surface area is 148 Å². The normalized spacial score (nSPS) is 10.8. The molecular weight excluding hydrogens is 338 g/mol. The Balaban J connectivity index is 1.59. The van der Waals surface area contributed by atoms with Crippen LogP contribution in [0, 0.1) is 17.0 Å². The van der Waals surface area contributed by atoms with E-state index in [-0.39, 0.29) is 23.5 Å². The predicted molar refractivity (Wildman–Crippen MR) is 95.3 cm³/mol. The number of carbonyl (C=O) groups is 1. The van der Waals surface area contributed by atoms with Gasteiger partial charge in [0.1, 0.15) is 0 Å². The maximum atomic E-state index is 12.1. The second-order valence-electron chi connectivity index (χ2n) is 5.85. The zero-order valence-electron chi connectivity index (χ0n) is 14.1. The highest BCUT2D eigenvalue weighted by Crippen LogP contribution is 2.19. The number of nitrogens with one attached hydrogen (secondary N) is 1. The van der Waals surface area contributed by atoms with Gasteiger partial charge in [-0.05, 0) is 37.6 Å². The Bertz CT molecular complexity index is 1030. The van der Waals surface area contributed by atoms with Gasteiger partial charge in [0.05, 0.1) is 28.1 Å². The molecule has 0 aliphatic carbocycles. The maximum absolute atomic E-state index is 12.1. The summed E-state index contributed by atoms with van der Waals surface area (Å²) in [7, 11) is 0. The average Bonchev–Trinajstić information content (AvgIpc) is 2.93. The number of imidazole rings is 1. The first-order chi connectivity index (χ1) is 12.5. The summed E-state index contributed by atoms with van der Waals surface area (Å²) in [6, 6.07) is 11.5. The third-order valence-electron chi connectivity index (χ3n) is 4.07. The van der Waals surface area contributed by atoms with Crippen molar-refractivity contribution in [2.45, 2.75) is 19.9 Å². The zero-order chi connectivity index (χ0) is 18.7. The Hall–Kier alpha value is -3.42. The molecule has 0 aliphatic heterocycles. The van der Waals surface area contributed by atoms with Crippen molar-refractivity contribution in [1.29, 1.82) is 0 Å². The molecule has 3 rings (SSSR count). The average molecular weight is 355 g/mol. The van der Waals surface area contributed by atoms with E-state index >= 15 is 0 Å². The van der Waals surface area contributed by atoms with Crippen LogP contribution in [0.1, 0.15) is 22.3 Å². The van der Waals surface area contributed by atoms with Crippen molar-refractivity contribution in [1.82, 2.24) is 9.55 Å². The summed E-state index contributed by atoms with van der Waals surface area (Å²) < 4.78 is 6.80. The Morgan fingerprint density at radius 2 is 2.04 bits per heavy atom.